The van der Waals surface area contributed by atoms with Crippen LogP contribution in [0.25, 0.3) is 0 Å². The van der Waals surface area contributed by atoms with Gasteiger partial charge in [-0.05, 0) is 49.1 Å². The molecule has 1 aliphatic rings. The molecule has 1 heterocycles. The first-order valence-corrected chi connectivity index (χ1v) is 6.64. The number of thiophene rings is 1. The lowest BCUT2D eigenvalue weighted by molar-refractivity contribution is -0.135. The Bertz CT molecular complexity index is 451. The molecule has 0 bridgehead atoms. The summed E-state index contributed by atoms with van der Waals surface area (Å²) in [5.41, 5.74) is 2.48. The van der Waals surface area contributed by atoms with Gasteiger partial charge in [-0.3, -0.25) is 0 Å². The van der Waals surface area contributed by atoms with Crippen LogP contribution in [0.1, 0.15) is 35.8 Å². The van der Waals surface area contributed by atoms with Gasteiger partial charge in [0.1, 0.15) is 0 Å². The van der Waals surface area contributed by atoms with E-state index in [1.807, 2.05) is 5.38 Å². The molecule has 0 aliphatic heterocycles. The van der Waals surface area contributed by atoms with Crippen LogP contribution in [0.15, 0.2) is 10.5 Å². The Morgan fingerprint density at radius 3 is 3.00 bits per heavy atom. The maximum atomic E-state index is 11.7. The Hall–Kier alpha value is -1.36. The van der Waals surface area contributed by atoms with Crippen LogP contribution in [-0.2, 0) is 22.4 Å². The van der Waals surface area contributed by atoms with E-state index in [0.717, 1.165) is 29.7 Å². The highest BCUT2D eigenvalue weighted by atomic mass is 32.1. The van der Waals surface area contributed by atoms with E-state index in [9.17, 15) is 4.79 Å². The van der Waals surface area contributed by atoms with Crippen LogP contribution in [0.4, 0.5) is 0 Å². The third-order valence-corrected chi connectivity index (χ3v) is 3.97. The molecule has 0 aromatic carbocycles. The lowest BCUT2D eigenvalue weighted by Crippen LogP contribution is -2.19. The van der Waals surface area contributed by atoms with E-state index in [4.69, 9.17) is 9.94 Å². The topological polar surface area (TPSA) is 58.9 Å². The third kappa shape index (κ3) is 2.34. The molecule has 5 heteroatoms. The van der Waals surface area contributed by atoms with Gasteiger partial charge in [0.25, 0.3) is 0 Å². The molecule has 0 unspecified atom stereocenters. The minimum Gasteiger partial charge on any atom is -0.461 e. The van der Waals surface area contributed by atoms with E-state index in [1.54, 1.807) is 6.92 Å². The summed E-state index contributed by atoms with van der Waals surface area (Å²) >= 11 is 1.46. The van der Waals surface area contributed by atoms with Gasteiger partial charge in [0, 0.05) is 0 Å². The Labute approximate surface area is 104 Å². The van der Waals surface area contributed by atoms with E-state index >= 15 is 0 Å². The molecule has 0 saturated carbocycles. The van der Waals surface area contributed by atoms with Crippen molar-refractivity contribution in [1.82, 2.24) is 0 Å². The number of nitrogens with zero attached hydrogens (tertiary/aromatic N) is 1. The third-order valence-electron chi connectivity index (χ3n) is 2.89. The Kier molecular flexibility index (Phi) is 3.78. The SMILES string of the molecule is CCOC(=O)/C(=N/O)c1scc2c1CCCC2. The fraction of sp³-hybridized carbons (Fsp3) is 0.500. The van der Waals surface area contributed by atoms with Crippen molar-refractivity contribution in [3.05, 3.63) is 21.4 Å². The molecule has 0 atom stereocenters. The maximum Gasteiger partial charge on any atom is 0.361 e. The largest absolute Gasteiger partial charge is 0.461 e. The molecule has 0 fully saturated rings. The highest BCUT2D eigenvalue weighted by molar-refractivity contribution is 7.13. The molecule has 1 aromatic heterocycles. The van der Waals surface area contributed by atoms with Crippen LogP contribution in [0, 0.1) is 0 Å². The second-order valence-electron chi connectivity index (χ2n) is 3.94. The van der Waals surface area contributed by atoms with Gasteiger partial charge >= 0.3 is 5.97 Å². The van der Waals surface area contributed by atoms with Gasteiger partial charge in [0.15, 0.2) is 0 Å². The molecule has 4 nitrogen and oxygen atoms in total. The molecule has 1 N–H and O–H groups in total. The summed E-state index contributed by atoms with van der Waals surface area (Å²) in [7, 11) is 0. The Balaban J connectivity index is 2.32. The number of hydrogen-bond donors (Lipinski definition) is 1. The average molecular weight is 253 g/mol. The minimum atomic E-state index is -0.551. The van der Waals surface area contributed by atoms with E-state index in [-0.39, 0.29) is 12.3 Å². The van der Waals surface area contributed by atoms with Crippen LogP contribution in [0.5, 0.6) is 0 Å². The van der Waals surface area contributed by atoms with Crippen molar-refractivity contribution in [3.63, 3.8) is 0 Å². The number of rotatable bonds is 3. The number of aryl methyl sites for hydroxylation is 1. The summed E-state index contributed by atoms with van der Waals surface area (Å²) in [4.78, 5) is 12.4. The number of fused-ring (bicyclic) bond motifs is 1. The zero-order chi connectivity index (χ0) is 12.3. The smallest absolute Gasteiger partial charge is 0.361 e. The Morgan fingerprint density at radius 2 is 2.29 bits per heavy atom. The Morgan fingerprint density at radius 1 is 1.53 bits per heavy atom. The van der Waals surface area contributed by atoms with Crippen molar-refractivity contribution in [2.75, 3.05) is 6.61 Å². The molecule has 92 valence electrons. The first kappa shape index (κ1) is 12.1. The van der Waals surface area contributed by atoms with Gasteiger partial charge in [-0.1, -0.05) is 5.16 Å². The van der Waals surface area contributed by atoms with Crippen LogP contribution in [0.2, 0.25) is 0 Å². The van der Waals surface area contributed by atoms with Crippen molar-refractivity contribution < 1.29 is 14.7 Å². The second kappa shape index (κ2) is 5.31. The van der Waals surface area contributed by atoms with Crippen LogP contribution in [0.3, 0.4) is 0 Å². The van der Waals surface area contributed by atoms with Gasteiger partial charge in [-0.2, -0.15) is 0 Å². The second-order valence-corrected chi connectivity index (χ2v) is 4.82. The van der Waals surface area contributed by atoms with Crippen LogP contribution < -0.4 is 0 Å². The molecular formula is C12H15NO3S. The zero-order valence-corrected chi connectivity index (χ0v) is 10.5. The van der Waals surface area contributed by atoms with Gasteiger partial charge in [0.2, 0.25) is 5.71 Å². The van der Waals surface area contributed by atoms with Crippen molar-refractivity contribution in [2.24, 2.45) is 5.16 Å². The summed E-state index contributed by atoms with van der Waals surface area (Å²) in [6, 6.07) is 0. The van der Waals surface area contributed by atoms with Crippen LogP contribution in [-0.4, -0.2) is 23.5 Å². The number of carbonyl (C=O) groups is 1. The summed E-state index contributed by atoms with van der Waals surface area (Å²) < 4.78 is 4.89. The highest BCUT2D eigenvalue weighted by Crippen LogP contribution is 2.30. The first-order valence-electron chi connectivity index (χ1n) is 5.76. The normalized spacial score (nSPS) is 15.5. The standard InChI is InChI=1S/C12H15NO3S/c1-2-16-12(14)10(13-15)11-9-6-4-3-5-8(9)7-17-11/h7,15H,2-6H2,1H3/b13-10+. The molecule has 2 rings (SSSR count). The predicted molar refractivity (Wildman–Crippen MR) is 65.9 cm³/mol. The molecule has 0 amide bonds. The molecule has 17 heavy (non-hydrogen) atoms. The number of hydrogen-bond acceptors (Lipinski definition) is 5. The van der Waals surface area contributed by atoms with Gasteiger partial charge in [0.05, 0.1) is 11.5 Å². The monoisotopic (exact) mass is 253 g/mol. The quantitative estimate of drug-likeness (QED) is 0.389. The highest BCUT2D eigenvalue weighted by Gasteiger charge is 2.24. The lowest BCUT2D eigenvalue weighted by atomic mass is 9.93. The van der Waals surface area contributed by atoms with Crippen molar-refractivity contribution in [3.8, 4) is 0 Å². The predicted octanol–water partition coefficient (Wildman–Crippen LogP) is 2.37. The molecule has 0 spiro atoms. The summed E-state index contributed by atoms with van der Waals surface area (Å²) in [6.07, 6.45) is 4.31. The fourth-order valence-electron chi connectivity index (χ4n) is 2.10. The average Bonchev–Trinajstić information content (AvgIpc) is 2.75. The number of ether oxygens (including phenoxy) is 1. The zero-order valence-electron chi connectivity index (χ0n) is 9.73. The fourth-order valence-corrected chi connectivity index (χ4v) is 3.23. The number of esters is 1. The lowest BCUT2D eigenvalue weighted by Gasteiger charge is -2.12. The van der Waals surface area contributed by atoms with Crippen molar-refractivity contribution >= 4 is 23.0 Å². The van der Waals surface area contributed by atoms with Crippen molar-refractivity contribution in [1.29, 1.82) is 0 Å². The number of oxime groups is 1. The maximum absolute atomic E-state index is 11.7. The van der Waals surface area contributed by atoms with Gasteiger partial charge < -0.3 is 9.94 Å². The minimum absolute atomic E-state index is 0.0417. The van der Waals surface area contributed by atoms with Gasteiger partial charge in [-0.15, -0.1) is 11.3 Å². The molecular weight excluding hydrogens is 238 g/mol. The van der Waals surface area contributed by atoms with E-state index in [0.29, 0.717) is 0 Å². The van der Waals surface area contributed by atoms with E-state index in [1.165, 1.54) is 23.3 Å². The number of carbonyl (C=O) groups excluding carboxylic acids is 1. The first-order chi connectivity index (χ1) is 8.27. The van der Waals surface area contributed by atoms with Crippen molar-refractivity contribution in [2.45, 2.75) is 32.6 Å². The van der Waals surface area contributed by atoms with Crippen LogP contribution >= 0.6 is 11.3 Å². The molecule has 1 aliphatic carbocycles. The molecule has 1 aromatic rings. The summed E-state index contributed by atoms with van der Waals surface area (Å²) in [5, 5.41) is 14.1. The molecule has 0 radical (unpaired) electrons. The van der Waals surface area contributed by atoms with Gasteiger partial charge in [-0.25, -0.2) is 4.79 Å². The summed E-state index contributed by atoms with van der Waals surface area (Å²) in [6.45, 7) is 2.02. The molecule has 0 saturated heterocycles. The summed E-state index contributed by atoms with van der Waals surface area (Å²) in [5.74, 6) is -0.551. The van der Waals surface area contributed by atoms with E-state index in [2.05, 4.69) is 5.16 Å². The van der Waals surface area contributed by atoms with E-state index < -0.39 is 5.97 Å².